The molecule has 4 aromatic heterocycles. The van der Waals surface area contributed by atoms with E-state index in [0.29, 0.717) is 11.6 Å². The lowest BCUT2D eigenvalue weighted by molar-refractivity contribution is 1.17. The first-order valence-electron chi connectivity index (χ1n) is 8.78. The van der Waals surface area contributed by atoms with Crippen LogP contribution in [-0.4, -0.2) is 8.80 Å². The molecule has 0 saturated heterocycles. The van der Waals surface area contributed by atoms with Crippen molar-refractivity contribution in [3.8, 4) is 22.3 Å². The van der Waals surface area contributed by atoms with Crippen LogP contribution in [0.1, 0.15) is 0 Å². The van der Waals surface area contributed by atoms with E-state index in [1.165, 1.54) is 0 Å². The maximum Gasteiger partial charge on any atom is 0.189 e. The summed E-state index contributed by atoms with van der Waals surface area (Å²) in [7, 11) is 0. The van der Waals surface area contributed by atoms with Crippen molar-refractivity contribution in [1.29, 1.82) is 0 Å². The fraction of sp³-hybridized carbons (Fsp3) is 0. The molecule has 0 N–H and O–H groups in total. The number of benzene rings is 1. The van der Waals surface area contributed by atoms with Gasteiger partial charge in [0.2, 0.25) is 0 Å². The van der Waals surface area contributed by atoms with Crippen molar-refractivity contribution >= 4 is 22.7 Å². The molecule has 6 nitrogen and oxygen atoms in total. The SMILES string of the molecule is O=Nc1c(-c2ccc(-c3cc4ccccn4c3N=O)cc2)cc2ccccn12. The van der Waals surface area contributed by atoms with Crippen molar-refractivity contribution in [3.63, 3.8) is 0 Å². The van der Waals surface area contributed by atoms with Crippen molar-refractivity contribution in [2.45, 2.75) is 0 Å². The van der Waals surface area contributed by atoms with E-state index < -0.39 is 0 Å². The molecule has 5 rings (SSSR count). The summed E-state index contributed by atoms with van der Waals surface area (Å²) in [6.07, 6.45) is 3.64. The highest BCUT2D eigenvalue weighted by Crippen LogP contribution is 2.37. The number of rotatable bonds is 4. The van der Waals surface area contributed by atoms with Gasteiger partial charge in [0.1, 0.15) is 0 Å². The Morgan fingerprint density at radius 1 is 0.571 bits per heavy atom. The highest BCUT2D eigenvalue weighted by atomic mass is 16.3. The zero-order valence-corrected chi connectivity index (χ0v) is 14.7. The van der Waals surface area contributed by atoms with Crippen LogP contribution in [0.3, 0.4) is 0 Å². The smallest absolute Gasteiger partial charge is 0.189 e. The lowest BCUT2D eigenvalue weighted by Crippen LogP contribution is -1.82. The Kier molecular flexibility index (Phi) is 3.62. The van der Waals surface area contributed by atoms with Crippen molar-refractivity contribution < 1.29 is 0 Å². The van der Waals surface area contributed by atoms with Gasteiger partial charge in [0.05, 0.1) is 0 Å². The highest BCUT2D eigenvalue weighted by molar-refractivity contribution is 5.85. The quantitative estimate of drug-likeness (QED) is 0.349. The van der Waals surface area contributed by atoms with E-state index >= 15 is 0 Å². The van der Waals surface area contributed by atoms with Gasteiger partial charge in [0.15, 0.2) is 11.6 Å². The van der Waals surface area contributed by atoms with Gasteiger partial charge in [-0.05, 0) is 57.9 Å². The molecule has 0 aliphatic heterocycles. The number of hydrogen-bond donors (Lipinski definition) is 0. The first-order valence-corrected chi connectivity index (χ1v) is 8.78. The first-order chi connectivity index (χ1) is 13.8. The minimum absolute atomic E-state index is 0.369. The molecule has 28 heavy (non-hydrogen) atoms. The van der Waals surface area contributed by atoms with Crippen LogP contribution < -0.4 is 0 Å². The number of nitroso groups, excluding NO2 is 2. The van der Waals surface area contributed by atoms with Gasteiger partial charge in [-0.3, -0.25) is 8.80 Å². The van der Waals surface area contributed by atoms with Crippen LogP contribution in [0.25, 0.3) is 33.3 Å². The van der Waals surface area contributed by atoms with Gasteiger partial charge in [0.25, 0.3) is 0 Å². The van der Waals surface area contributed by atoms with Crippen LogP contribution >= 0.6 is 0 Å². The second-order valence-electron chi connectivity index (χ2n) is 6.51. The molecule has 0 bridgehead atoms. The van der Waals surface area contributed by atoms with Crippen LogP contribution in [0.5, 0.6) is 0 Å². The fourth-order valence-corrected chi connectivity index (χ4v) is 3.66. The molecule has 0 unspecified atom stereocenters. The summed E-state index contributed by atoms with van der Waals surface area (Å²) < 4.78 is 3.54. The molecular formula is C22H14N4O2. The second kappa shape index (κ2) is 6.28. The van der Waals surface area contributed by atoms with Crippen molar-refractivity contribution in [1.82, 2.24) is 8.80 Å². The van der Waals surface area contributed by atoms with Gasteiger partial charge >= 0.3 is 0 Å². The third-order valence-electron chi connectivity index (χ3n) is 4.99. The highest BCUT2D eigenvalue weighted by Gasteiger charge is 2.15. The van der Waals surface area contributed by atoms with Gasteiger partial charge in [-0.15, -0.1) is 9.81 Å². The molecule has 0 atom stereocenters. The van der Waals surface area contributed by atoms with Gasteiger partial charge in [-0.2, -0.15) is 0 Å². The average Bonchev–Trinajstić information content (AvgIpc) is 3.31. The summed E-state index contributed by atoms with van der Waals surface area (Å²) >= 11 is 0. The zero-order chi connectivity index (χ0) is 19.1. The molecule has 0 aliphatic rings. The van der Waals surface area contributed by atoms with Crippen LogP contribution in [0.2, 0.25) is 0 Å². The molecule has 0 aliphatic carbocycles. The van der Waals surface area contributed by atoms with E-state index in [4.69, 9.17) is 0 Å². The second-order valence-corrected chi connectivity index (χ2v) is 6.51. The van der Waals surface area contributed by atoms with Crippen LogP contribution in [-0.2, 0) is 0 Å². The molecule has 0 radical (unpaired) electrons. The molecule has 6 heteroatoms. The minimum atomic E-state index is 0.369. The van der Waals surface area contributed by atoms with Gasteiger partial charge < -0.3 is 0 Å². The molecule has 0 saturated carbocycles. The van der Waals surface area contributed by atoms with E-state index in [0.717, 1.165) is 33.3 Å². The largest absolute Gasteiger partial charge is 0.298 e. The Balaban J connectivity index is 1.63. The third kappa shape index (κ3) is 2.35. The lowest BCUT2D eigenvalue weighted by Gasteiger charge is -2.03. The molecule has 0 amide bonds. The summed E-state index contributed by atoms with van der Waals surface area (Å²) in [5.74, 6) is 0.737. The van der Waals surface area contributed by atoms with E-state index in [9.17, 15) is 9.81 Å². The van der Waals surface area contributed by atoms with E-state index in [2.05, 4.69) is 10.4 Å². The summed E-state index contributed by atoms with van der Waals surface area (Å²) in [4.78, 5) is 22.9. The van der Waals surface area contributed by atoms with Crippen LogP contribution in [0.15, 0.2) is 95.5 Å². The van der Waals surface area contributed by atoms with Gasteiger partial charge in [0, 0.05) is 34.6 Å². The first kappa shape index (κ1) is 16.1. The number of nitrogens with zero attached hydrogens (tertiary/aromatic N) is 4. The normalized spacial score (nSPS) is 11.1. The Morgan fingerprint density at radius 3 is 1.39 bits per heavy atom. The standard InChI is InChI=1S/C22H14N4O2/c27-23-21-19(13-17-5-1-3-11-25(17)21)15-7-9-16(10-8-15)20-14-18-6-2-4-12-26(18)22(20)24-28/h1-14H. The Bertz CT molecular complexity index is 1240. The molecule has 0 spiro atoms. The predicted octanol–water partition coefficient (Wildman–Crippen LogP) is 6.32. The number of pyridine rings is 2. The summed E-state index contributed by atoms with van der Waals surface area (Å²) in [6.45, 7) is 0. The molecule has 1 aromatic carbocycles. The Morgan fingerprint density at radius 2 is 1.00 bits per heavy atom. The third-order valence-corrected chi connectivity index (χ3v) is 4.99. The molecule has 0 fully saturated rings. The maximum atomic E-state index is 11.4. The van der Waals surface area contributed by atoms with Gasteiger partial charge in [-0.1, -0.05) is 36.4 Å². The van der Waals surface area contributed by atoms with E-state index in [1.54, 1.807) is 8.80 Å². The summed E-state index contributed by atoms with van der Waals surface area (Å²) in [5.41, 5.74) is 5.11. The van der Waals surface area contributed by atoms with Crippen molar-refractivity contribution in [2.24, 2.45) is 10.4 Å². The maximum absolute atomic E-state index is 11.4. The number of aromatic nitrogens is 2. The summed E-state index contributed by atoms with van der Waals surface area (Å²) in [5, 5.41) is 6.45. The predicted molar refractivity (Wildman–Crippen MR) is 110 cm³/mol. The Hall–Kier alpha value is -4.06. The van der Waals surface area contributed by atoms with Crippen LogP contribution in [0, 0.1) is 9.81 Å². The lowest BCUT2D eigenvalue weighted by atomic mass is 10.0. The fourth-order valence-electron chi connectivity index (χ4n) is 3.66. The Labute approximate surface area is 159 Å². The van der Waals surface area contributed by atoms with Crippen molar-refractivity contribution in [2.75, 3.05) is 0 Å². The number of hydrogen-bond acceptors (Lipinski definition) is 4. The number of fused-ring (bicyclic) bond motifs is 2. The topological polar surface area (TPSA) is 67.7 Å². The zero-order valence-electron chi connectivity index (χ0n) is 14.7. The minimum Gasteiger partial charge on any atom is -0.298 e. The molecule has 4 heterocycles. The molecular weight excluding hydrogens is 352 g/mol. The van der Waals surface area contributed by atoms with Crippen molar-refractivity contribution in [3.05, 3.63) is 95.0 Å². The monoisotopic (exact) mass is 366 g/mol. The molecule has 134 valence electrons. The summed E-state index contributed by atoms with van der Waals surface area (Å²) in [6, 6.07) is 23.0. The van der Waals surface area contributed by atoms with E-state index in [1.807, 2.05) is 85.2 Å². The average molecular weight is 366 g/mol. The van der Waals surface area contributed by atoms with E-state index in [-0.39, 0.29) is 0 Å². The van der Waals surface area contributed by atoms with Crippen LogP contribution in [0.4, 0.5) is 11.6 Å². The molecule has 5 aromatic rings. The van der Waals surface area contributed by atoms with Gasteiger partial charge in [-0.25, -0.2) is 0 Å².